The van der Waals surface area contributed by atoms with E-state index in [9.17, 15) is 9.59 Å². The van der Waals surface area contributed by atoms with Gasteiger partial charge in [0, 0.05) is 36.7 Å². The zero-order valence-electron chi connectivity index (χ0n) is 17.3. The molecule has 0 radical (unpaired) electrons. The molecule has 4 N–H and O–H groups in total. The molecule has 0 aromatic carbocycles. The first kappa shape index (κ1) is 23.0. The highest BCUT2D eigenvalue weighted by Crippen LogP contribution is 2.27. The first-order valence-electron chi connectivity index (χ1n) is 9.69. The molecule has 0 unspecified atom stereocenters. The number of nitrogens with one attached hydrogen (secondary N) is 1. The monoisotopic (exact) mass is 423 g/mol. The smallest absolute Gasteiger partial charge is 0.338 e. The van der Waals surface area contributed by atoms with Crippen molar-refractivity contribution in [2.45, 2.75) is 52.2 Å². The van der Waals surface area contributed by atoms with E-state index in [0.717, 1.165) is 25.2 Å². The Bertz CT molecular complexity index is 849. The molecule has 1 amide bonds. The predicted octanol–water partition coefficient (Wildman–Crippen LogP) is 2.09. The van der Waals surface area contributed by atoms with E-state index in [0.29, 0.717) is 22.9 Å². The van der Waals surface area contributed by atoms with Gasteiger partial charge >= 0.3 is 5.63 Å². The average Bonchev–Trinajstić information content (AvgIpc) is 3.11. The van der Waals surface area contributed by atoms with Crippen LogP contribution in [0.4, 0.5) is 5.69 Å². The third-order valence-electron chi connectivity index (χ3n) is 4.71. The van der Waals surface area contributed by atoms with Gasteiger partial charge in [-0.1, -0.05) is 18.5 Å². The highest BCUT2D eigenvalue weighted by atomic mass is 32.2. The fourth-order valence-electron chi connectivity index (χ4n) is 3.05. The number of hydrogen-bond acceptors (Lipinski definition) is 9. The molecule has 2 heterocycles. The Hall–Kier alpha value is -2.33. The van der Waals surface area contributed by atoms with Gasteiger partial charge in [0.2, 0.25) is 0 Å². The van der Waals surface area contributed by atoms with Crippen molar-refractivity contribution < 1.29 is 14.4 Å². The lowest BCUT2D eigenvalue weighted by molar-refractivity contribution is -0.126. The Labute approximate surface area is 174 Å². The Morgan fingerprint density at radius 1 is 1.45 bits per heavy atom. The maximum Gasteiger partial charge on any atom is 0.338 e. The number of carbonyl (C=O) groups is 1. The van der Waals surface area contributed by atoms with Crippen LogP contribution in [0.25, 0.3) is 0 Å². The van der Waals surface area contributed by atoms with Crippen LogP contribution < -0.4 is 21.6 Å². The number of rotatable bonds is 9. The minimum absolute atomic E-state index is 0.226. The second kappa shape index (κ2) is 9.93. The zero-order valence-corrected chi connectivity index (χ0v) is 18.1. The molecular weight excluding hydrogens is 394 g/mol. The van der Waals surface area contributed by atoms with E-state index >= 15 is 0 Å². The lowest BCUT2D eigenvalue weighted by Gasteiger charge is -2.25. The normalized spacial score (nSPS) is 20.3. The Balaban J connectivity index is 2.30. The van der Waals surface area contributed by atoms with Crippen molar-refractivity contribution >= 4 is 34.1 Å². The maximum absolute atomic E-state index is 12.9. The number of thioether (sulfide) groups is 1. The summed E-state index contributed by atoms with van der Waals surface area (Å²) < 4.78 is 5.41. The molecular formula is C19H29N5O4S. The minimum atomic E-state index is -1.48. The molecule has 2 rings (SSSR count). The Morgan fingerprint density at radius 3 is 2.72 bits per heavy atom. The summed E-state index contributed by atoms with van der Waals surface area (Å²) in [5, 5.41) is 15.3. The first-order valence-corrected chi connectivity index (χ1v) is 10.7. The van der Waals surface area contributed by atoms with Gasteiger partial charge < -0.3 is 19.8 Å². The van der Waals surface area contributed by atoms with Crippen LogP contribution in [0, 0.1) is 0 Å². The van der Waals surface area contributed by atoms with Gasteiger partial charge in [0.15, 0.2) is 5.66 Å². The third-order valence-corrected chi connectivity index (χ3v) is 5.96. The average molecular weight is 424 g/mol. The van der Waals surface area contributed by atoms with Crippen LogP contribution in [-0.4, -0.2) is 46.4 Å². The molecule has 0 saturated carbocycles. The maximum atomic E-state index is 12.9. The Kier molecular flexibility index (Phi) is 7.86. The van der Waals surface area contributed by atoms with Gasteiger partial charge in [-0.15, -0.1) is 11.8 Å². The number of amides is 1. The summed E-state index contributed by atoms with van der Waals surface area (Å²) in [5.74, 6) is 0.143. The van der Waals surface area contributed by atoms with Crippen molar-refractivity contribution in [1.29, 1.82) is 0 Å². The van der Waals surface area contributed by atoms with Crippen molar-refractivity contribution in [1.82, 2.24) is 5.32 Å². The SMILES string of the molecule is CCC[C@@H](NC(=O)[C@]1(N)CSC(/C(C)=N/O)=N1)c1cc(N(CC)CC)cc(=O)o1. The van der Waals surface area contributed by atoms with E-state index < -0.39 is 23.2 Å². The van der Waals surface area contributed by atoms with Gasteiger partial charge in [0.1, 0.15) is 16.5 Å². The molecule has 1 aliphatic heterocycles. The van der Waals surface area contributed by atoms with Crippen LogP contribution in [0.1, 0.15) is 52.3 Å². The number of anilines is 1. The summed E-state index contributed by atoms with van der Waals surface area (Å²) in [5.41, 5.74) is 5.32. The van der Waals surface area contributed by atoms with Gasteiger partial charge in [0.05, 0.1) is 6.04 Å². The number of carbonyl (C=O) groups excluding carboxylic acids is 1. The van der Waals surface area contributed by atoms with Crippen LogP contribution in [0.5, 0.6) is 0 Å². The molecule has 1 aliphatic rings. The number of hydrogen-bond donors (Lipinski definition) is 3. The van der Waals surface area contributed by atoms with Crippen LogP contribution in [-0.2, 0) is 4.79 Å². The minimum Gasteiger partial charge on any atom is -0.426 e. The molecule has 0 spiro atoms. The van der Waals surface area contributed by atoms with Gasteiger partial charge in [0.25, 0.3) is 5.91 Å². The van der Waals surface area contributed by atoms with Crippen molar-refractivity contribution in [3.8, 4) is 0 Å². The van der Waals surface area contributed by atoms with Crippen LogP contribution >= 0.6 is 11.8 Å². The van der Waals surface area contributed by atoms with Gasteiger partial charge in [-0.25, -0.2) is 9.79 Å². The molecule has 160 valence electrons. The quantitative estimate of drug-likeness (QED) is 0.314. The highest BCUT2D eigenvalue weighted by Gasteiger charge is 2.41. The number of nitrogens with two attached hydrogens (primary N) is 1. The van der Waals surface area contributed by atoms with Gasteiger partial charge in [-0.05, 0) is 27.2 Å². The van der Waals surface area contributed by atoms with Crippen molar-refractivity contribution in [2.24, 2.45) is 15.9 Å². The number of nitrogens with zero attached hydrogens (tertiary/aromatic N) is 3. The fraction of sp³-hybridized carbons (Fsp3) is 0.579. The van der Waals surface area contributed by atoms with E-state index in [4.69, 9.17) is 15.4 Å². The van der Waals surface area contributed by atoms with Crippen LogP contribution in [0.3, 0.4) is 0 Å². The number of aliphatic imine (C=N–C) groups is 1. The first-order chi connectivity index (χ1) is 13.8. The molecule has 0 fully saturated rings. The zero-order chi connectivity index (χ0) is 21.6. The Morgan fingerprint density at radius 2 is 2.14 bits per heavy atom. The third kappa shape index (κ3) is 5.39. The molecule has 2 atom stereocenters. The largest absolute Gasteiger partial charge is 0.426 e. The number of oxime groups is 1. The van der Waals surface area contributed by atoms with E-state index in [1.165, 1.54) is 17.8 Å². The second-order valence-corrected chi connectivity index (χ2v) is 7.80. The highest BCUT2D eigenvalue weighted by molar-refractivity contribution is 8.16. The summed E-state index contributed by atoms with van der Waals surface area (Å²) in [6, 6.07) is 2.74. The molecule has 1 aromatic heterocycles. The summed E-state index contributed by atoms with van der Waals surface area (Å²) in [4.78, 5) is 31.3. The van der Waals surface area contributed by atoms with E-state index in [2.05, 4.69) is 15.5 Å². The van der Waals surface area contributed by atoms with Crippen LogP contribution in [0.15, 0.2) is 31.5 Å². The molecule has 1 aromatic rings. The summed E-state index contributed by atoms with van der Waals surface area (Å²) in [7, 11) is 0. The van der Waals surface area contributed by atoms with Crippen LogP contribution in [0.2, 0.25) is 0 Å². The van der Waals surface area contributed by atoms with Gasteiger partial charge in [-0.3, -0.25) is 10.5 Å². The summed E-state index contributed by atoms with van der Waals surface area (Å²) in [6.07, 6.45) is 1.34. The standard InChI is InChI=1S/C19H29N5O4S/c1-5-8-14(15-9-13(10-16(25)28-15)24(6-2)7-3)21-18(26)19(20)11-29-17(22-19)12(4)23-27/h9-10,14,27H,5-8,11,20H2,1-4H3,(H,21,26)/b23-12+/t14-,19+/m1/s1. The second-order valence-electron chi connectivity index (χ2n) is 6.84. The lowest BCUT2D eigenvalue weighted by atomic mass is 10.1. The van der Waals surface area contributed by atoms with E-state index in [1.807, 2.05) is 25.7 Å². The van der Waals surface area contributed by atoms with Gasteiger partial charge in [-0.2, -0.15) is 0 Å². The van der Waals surface area contributed by atoms with E-state index in [-0.39, 0.29) is 5.75 Å². The van der Waals surface area contributed by atoms with E-state index in [1.54, 1.807) is 13.0 Å². The summed E-state index contributed by atoms with van der Waals surface area (Å²) in [6.45, 7) is 9.07. The van der Waals surface area contributed by atoms with Crippen molar-refractivity contribution in [3.05, 3.63) is 28.3 Å². The predicted molar refractivity (Wildman–Crippen MR) is 116 cm³/mol. The molecule has 0 aliphatic carbocycles. The van der Waals surface area contributed by atoms with Crippen molar-refractivity contribution in [3.63, 3.8) is 0 Å². The molecule has 0 bridgehead atoms. The molecule has 10 heteroatoms. The topological polar surface area (TPSA) is 134 Å². The fourth-order valence-corrected chi connectivity index (χ4v) is 4.08. The molecule has 0 saturated heterocycles. The summed E-state index contributed by atoms with van der Waals surface area (Å²) >= 11 is 1.25. The molecule has 29 heavy (non-hydrogen) atoms. The van der Waals surface area contributed by atoms with Crippen molar-refractivity contribution in [2.75, 3.05) is 23.7 Å². The molecule has 9 nitrogen and oxygen atoms in total. The lowest BCUT2D eigenvalue weighted by Crippen LogP contribution is -2.54.